The second-order valence-electron chi connectivity index (χ2n) is 5.12. The van der Waals surface area contributed by atoms with Crippen LogP contribution in [-0.4, -0.2) is 31.1 Å². The van der Waals surface area contributed by atoms with Gasteiger partial charge >= 0.3 is 0 Å². The molecule has 0 N–H and O–H groups in total. The molecular formula is C17H16FNO3. The molecule has 114 valence electrons. The molecule has 1 amide bonds. The van der Waals surface area contributed by atoms with Gasteiger partial charge in [-0.3, -0.25) is 4.79 Å². The fraction of sp³-hybridized carbons (Fsp3) is 0.235. The van der Waals surface area contributed by atoms with E-state index in [1.165, 1.54) is 17.0 Å². The smallest absolute Gasteiger partial charge is 0.256 e. The summed E-state index contributed by atoms with van der Waals surface area (Å²) in [6.07, 6.45) is 0. The van der Waals surface area contributed by atoms with Crippen molar-refractivity contribution in [1.82, 2.24) is 4.90 Å². The summed E-state index contributed by atoms with van der Waals surface area (Å²) in [6, 6.07) is 11.5. The van der Waals surface area contributed by atoms with Gasteiger partial charge in [-0.2, -0.15) is 0 Å². The van der Waals surface area contributed by atoms with E-state index < -0.39 is 5.82 Å². The summed E-state index contributed by atoms with van der Waals surface area (Å²) < 4.78 is 24.7. The summed E-state index contributed by atoms with van der Waals surface area (Å²) in [6.45, 7) is 1.42. The van der Waals surface area contributed by atoms with Crippen LogP contribution >= 0.6 is 0 Å². The highest BCUT2D eigenvalue weighted by atomic mass is 19.1. The van der Waals surface area contributed by atoms with Crippen molar-refractivity contribution in [3.05, 3.63) is 59.4 Å². The minimum Gasteiger partial charge on any atom is -0.486 e. The molecule has 0 aliphatic carbocycles. The molecule has 1 aliphatic heterocycles. The van der Waals surface area contributed by atoms with E-state index in [-0.39, 0.29) is 11.5 Å². The number of carbonyl (C=O) groups excluding carboxylic acids is 1. The number of amides is 1. The normalized spacial score (nSPS) is 12.8. The van der Waals surface area contributed by atoms with Gasteiger partial charge in [0.1, 0.15) is 19.0 Å². The summed E-state index contributed by atoms with van der Waals surface area (Å²) in [5.74, 6) is 0.517. The number of halogens is 1. The van der Waals surface area contributed by atoms with Gasteiger partial charge in [-0.15, -0.1) is 0 Å². The number of hydrogen-bond donors (Lipinski definition) is 0. The minimum absolute atomic E-state index is 0.0718. The van der Waals surface area contributed by atoms with Crippen LogP contribution in [0.4, 0.5) is 4.39 Å². The fourth-order valence-electron chi connectivity index (χ4n) is 2.37. The first-order valence-corrected chi connectivity index (χ1v) is 7.03. The number of benzene rings is 2. The molecule has 1 aliphatic rings. The molecular weight excluding hydrogens is 285 g/mol. The lowest BCUT2D eigenvalue weighted by molar-refractivity contribution is 0.0780. The zero-order valence-electron chi connectivity index (χ0n) is 12.2. The lowest BCUT2D eigenvalue weighted by Crippen LogP contribution is -2.27. The van der Waals surface area contributed by atoms with Crippen molar-refractivity contribution in [1.29, 1.82) is 0 Å². The predicted molar refractivity (Wildman–Crippen MR) is 79.6 cm³/mol. The van der Waals surface area contributed by atoms with Gasteiger partial charge in [-0.05, 0) is 29.8 Å². The molecule has 0 bridgehead atoms. The molecule has 0 saturated heterocycles. The van der Waals surface area contributed by atoms with Gasteiger partial charge in [0.15, 0.2) is 11.5 Å². The van der Waals surface area contributed by atoms with Crippen LogP contribution in [0.15, 0.2) is 42.5 Å². The molecule has 3 rings (SSSR count). The predicted octanol–water partition coefficient (Wildman–Crippen LogP) is 2.87. The summed E-state index contributed by atoms with van der Waals surface area (Å²) in [5, 5.41) is 0. The average Bonchev–Trinajstić information content (AvgIpc) is 2.54. The third-order valence-corrected chi connectivity index (χ3v) is 3.48. The highest BCUT2D eigenvalue weighted by molar-refractivity contribution is 5.94. The monoisotopic (exact) mass is 301 g/mol. The number of fused-ring (bicyclic) bond motifs is 1. The first-order valence-electron chi connectivity index (χ1n) is 7.03. The number of nitrogens with zero attached hydrogens (tertiary/aromatic N) is 1. The Hall–Kier alpha value is -2.56. The Bertz CT molecular complexity index is 702. The summed E-state index contributed by atoms with van der Waals surface area (Å²) in [5.41, 5.74) is 0.971. The van der Waals surface area contributed by atoms with Crippen LogP contribution in [0.1, 0.15) is 15.9 Å². The van der Waals surface area contributed by atoms with Gasteiger partial charge in [-0.25, -0.2) is 4.39 Å². The summed E-state index contributed by atoms with van der Waals surface area (Å²) in [4.78, 5) is 13.8. The molecule has 0 unspecified atom stereocenters. The van der Waals surface area contributed by atoms with Crippen LogP contribution in [0.5, 0.6) is 11.5 Å². The molecule has 2 aromatic rings. The Balaban J connectivity index is 1.75. The summed E-state index contributed by atoms with van der Waals surface area (Å²) >= 11 is 0. The largest absolute Gasteiger partial charge is 0.486 e. The maximum absolute atomic E-state index is 13.7. The molecule has 0 saturated carbocycles. The van der Waals surface area contributed by atoms with Crippen molar-refractivity contribution in [2.45, 2.75) is 6.54 Å². The van der Waals surface area contributed by atoms with Crippen LogP contribution in [-0.2, 0) is 6.54 Å². The van der Waals surface area contributed by atoms with Crippen LogP contribution in [0.3, 0.4) is 0 Å². The number of hydrogen-bond acceptors (Lipinski definition) is 3. The molecule has 0 atom stereocenters. The molecule has 0 spiro atoms. The van der Waals surface area contributed by atoms with Gasteiger partial charge in [0, 0.05) is 13.6 Å². The van der Waals surface area contributed by atoms with E-state index in [9.17, 15) is 9.18 Å². The highest BCUT2D eigenvalue weighted by Crippen LogP contribution is 2.31. The van der Waals surface area contributed by atoms with Crippen LogP contribution < -0.4 is 9.47 Å². The maximum Gasteiger partial charge on any atom is 0.256 e. The fourth-order valence-corrected chi connectivity index (χ4v) is 2.37. The molecule has 0 fully saturated rings. The Morgan fingerprint density at radius 3 is 2.64 bits per heavy atom. The van der Waals surface area contributed by atoms with E-state index in [2.05, 4.69) is 0 Å². The second-order valence-corrected chi connectivity index (χ2v) is 5.12. The first-order chi connectivity index (χ1) is 10.6. The third-order valence-electron chi connectivity index (χ3n) is 3.48. The molecule has 5 heteroatoms. The van der Waals surface area contributed by atoms with E-state index >= 15 is 0 Å². The molecule has 2 aromatic carbocycles. The zero-order chi connectivity index (χ0) is 15.5. The molecule has 0 aromatic heterocycles. The van der Waals surface area contributed by atoms with Crippen molar-refractivity contribution in [3.63, 3.8) is 0 Å². The molecule has 22 heavy (non-hydrogen) atoms. The van der Waals surface area contributed by atoms with E-state index in [1.54, 1.807) is 19.2 Å². The maximum atomic E-state index is 13.7. The standard InChI is InChI=1S/C17H16FNO3/c1-19(17(20)13-4-2-3-5-14(13)18)11-12-6-7-15-16(10-12)22-9-8-21-15/h2-7,10H,8-9,11H2,1H3. The van der Waals surface area contributed by atoms with Crippen molar-refractivity contribution in [3.8, 4) is 11.5 Å². The Kier molecular flexibility index (Phi) is 3.96. The van der Waals surface area contributed by atoms with E-state index in [0.29, 0.717) is 31.3 Å². The Morgan fingerprint density at radius 1 is 1.14 bits per heavy atom. The highest BCUT2D eigenvalue weighted by Gasteiger charge is 2.17. The average molecular weight is 301 g/mol. The van der Waals surface area contributed by atoms with Gasteiger partial charge < -0.3 is 14.4 Å². The molecule has 0 radical (unpaired) electrons. The van der Waals surface area contributed by atoms with Crippen molar-refractivity contribution in [2.75, 3.05) is 20.3 Å². The SMILES string of the molecule is CN(Cc1ccc2c(c1)OCCO2)C(=O)c1ccccc1F. The van der Waals surface area contributed by atoms with E-state index in [4.69, 9.17) is 9.47 Å². The minimum atomic E-state index is -0.512. The number of ether oxygens (including phenoxy) is 2. The molecule has 4 nitrogen and oxygen atoms in total. The van der Waals surface area contributed by atoms with Crippen LogP contribution in [0, 0.1) is 5.82 Å². The van der Waals surface area contributed by atoms with Crippen LogP contribution in [0.25, 0.3) is 0 Å². The lowest BCUT2D eigenvalue weighted by atomic mass is 10.1. The van der Waals surface area contributed by atoms with Gasteiger partial charge in [0.05, 0.1) is 5.56 Å². The van der Waals surface area contributed by atoms with Gasteiger partial charge in [0.2, 0.25) is 0 Å². The van der Waals surface area contributed by atoms with E-state index in [0.717, 1.165) is 5.56 Å². The number of carbonyl (C=O) groups is 1. The topological polar surface area (TPSA) is 38.8 Å². The third kappa shape index (κ3) is 2.88. The van der Waals surface area contributed by atoms with Crippen molar-refractivity contribution < 1.29 is 18.7 Å². The number of rotatable bonds is 3. The van der Waals surface area contributed by atoms with Crippen LogP contribution in [0.2, 0.25) is 0 Å². The second kappa shape index (κ2) is 6.05. The quantitative estimate of drug-likeness (QED) is 0.875. The Labute approximate surface area is 128 Å². The van der Waals surface area contributed by atoms with Crippen molar-refractivity contribution >= 4 is 5.91 Å². The van der Waals surface area contributed by atoms with Gasteiger partial charge in [0.25, 0.3) is 5.91 Å². The van der Waals surface area contributed by atoms with Crippen molar-refractivity contribution in [2.24, 2.45) is 0 Å². The van der Waals surface area contributed by atoms with E-state index in [1.807, 2.05) is 18.2 Å². The summed E-state index contributed by atoms with van der Waals surface area (Å²) in [7, 11) is 1.64. The first kappa shape index (κ1) is 14.4. The zero-order valence-corrected chi connectivity index (χ0v) is 12.2. The Morgan fingerprint density at radius 2 is 1.86 bits per heavy atom. The van der Waals surface area contributed by atoms with Gasteiger partial charge in [-0.1, -0.05) is 18.2 Å². The lowest BCUT2D eigenvalue weighted by Gasteiger charge is -2.21. The molecule has 1 heterocycles.